The lowest BCUT2D eigenvalue weighted by Crippen LogP contribution is -2.50. The Hall–Kier alpha value is -3.32. The highest BCUT2D eigenvalue weighted by atomic mass is 32.2. The third-order valence-electron chi connectivity index (χ3n) is 5.60. The van der Waals surface area contributed by atoms with Crippen LogP contribution in [0.2, 0.25) is 0 Å². The molecule has 1 amide bonds. The van der Waals surface area contributed by atoms with Gasteiger partial charge in [-0.15, -0.1) is 0 Å². The fourth-order valence-electron chi connectivity index (χ4n) is 3.67. The van der Waals surface area contributed by atoms with E-state index in [1.807, 2.05) is 51.1 Å². The summed E-state index contributed by atoms with van der Waals surface area (Å²) in [4.78, 5) is 13.1. The molecule has 0 spiro atoms. The fraction of sp³-hybridized carbons (Fsp3) is 0.240. The highest BCUT2D eigenvalue weighted by Gasteiger charge is 2.37. The van der Waals surface area contributed by atoms with E-state index in [9.17, 15) is 13.2 Å². The largest absolute Gasteiger partial charge is 0.476 e. The first-order valence-electron chi connectivity index (χ1n) is 10.4. The van der Waals surface area contributed by atoms with Crippen molar-refractivity contribution in [1.29, 1.82) is 0 Å². The van der Waals surface area contributed by atoms with Crippen LogP contribution < -0.4 is 14.4 Å². The van der Waals surface area contributed by atoms with Gasteiger partial charge in [0.25, 0.3) is 15.9 Å². The number of rotatable bonds is 5. The molecule has 0 radical (unpaired) electrons. The molecule has 32 heavy (non-hydrogen) atoms. The zero-order valence-electron chi connectivity index (χ0n) is 18.3. The van der Waals surface area contributed by atoms with Crippen LogP contribution in [-0.4, -0.2) is 27.0 Å². The second kappa shape index (κ2) is 8.67. The molecule has 0 aromatic heterocycles. The van der Waals surface area contributed by atoms with E-state index >= 15 is 0 Å². The van der Waals surface area contributed by atoms with Crippen LogP contribution in [0.4, 0.5) is 5.69 Å². The van der Waals surface area contributed by atoms with Gasteiger partial charge in [-0.3, -0.25) is 9.10 Å². The first-order valence-corrected chi connectivity index (χ1v) is 11.9. The van der Waals surface area contributed by atoms with Crippen LogP contribution in [0.15, 0.2) is 71.6 Å². The molecule has 0 saturated heterocycles. The van der Waals surface area contributed by atoms with E-state index in [1.54, 1.807) is 36.4 Å². The number of benzene rings is 3. The predicted molar refractivity (Wildman–Crippen MR) is 124 cm³/mol. The average Bonchev–Trinajstić information content (AvgIpc) is 2.78. The van der Waals surface area contributed by atoms with Crippen molar-refractivity contribution in [3.63, 3.8) is 0 Å². The molecule has 1 aliphatic heterocycles. The number of hydrogen-bond acceptors (Lipinski definition) is 4. The summed E-state index contributed by atoms with van der Waals surface area (Å²) in [5.41, 5.74) is 4.38. The Morgan fingerprint density at radius 2 is 1.69 bits per heavy atom. The lowest BCUT2D eigenvalue weighted by atomic mass is 10.1. The molecular weight excluding hydrogens is 424 g/mol. The molecule has 7 heteroatoms. The summed E-state index contributed by atoms with van der Waals surface area (Å²) < 4.78 is 34.2. The molecule has 0 aliphatic carbocycles. The topological polar surface area (TPSA) is 75.7 Å². The molecule has 4 rings (SSSR count). The predicted octanol–water partition coefficient (Wildman–Crippen LogP) is 3.88. The summed E-state index contributed by atoms with van der Waals surface area (Å²) in [7, 11) is -3.88. The van der Waals surface area contributed by atoms with Gasteiger partial charge >= 0.3 is 0 Å². The fourth-order valence-corrected chi connectivity index (χ4v) is 5.14. The van der Waals surface area contributed by atoms with Gasteiger partial charge in [-0.05, 0) is 61.7 Å². The van der Waals surface area contributed by atoms with Crippen molar-refractivity contribution < 1.29 is 17.9 Å². The van der Waals surface area contributed by atoms with Crippen molar-refractivity contribution >= 4 is 21.6 Å². The zero-order valence-corrected chi connectivity index (χ0v) is 19.1. The number of hydrogen-bond donors (Lipinski definition) is 1. The Labute approximate surface area is 188 Å². The molecule has 3 aromatic rings. The van der Waals surface area contributed by atoms with Crippen LogP contribution in [0.3, 0.4) is 0 Å². The van der Waals surface area contributed by atoms with Gasteiger partial charge in [0.1, 0.15) is 5.75 Å². The normalized spacial score (nSPS) is 15.6. The Kier molecular flexibility index (Phi) is 5.93. The maximum absolute atomic E-state index is 13.5. The number of ether oxygens (including phenoxy) is 1. The Morgan fingerprint density at radius 3 is 2.41 bits per heavy atom. The minimum atomic E-state index is -3.88. The second-order valence-electron chi connectivity index (χ2n) is 8.07. The quantitative estimate of drug-likeness (QED) is 0.640. The van der Waals surface area contributed by atoms with Crippen LogP contribution in [0.25, 0.3) is 0 Å². The minimum Gasteiger partial charge on any atom is -0.476 e. The highest BCUT2D eigenvalue weighted by molar-refractivity contribution is 7.92. The van der Waals surface area contributed by atoms with Gasteiger partial charge in [-0.25, -0.2) is 8.42 Å². The molecule has 1 heterocycles. The lowest BCUT2D eigenvalue weighted by Gasteiger charge is -2.35. The van der Waals surface area contributed by atoms with E-state index in [1.165, 1.54) is 4.31 Å². The number of aryl methyl sites for hydroxylation is 3. The molecule has 0 saturated carbocycles. The first-order chi connectivity index (χ1) is 15.3. The summed E-state index contributed by atoms with van der Waals surface area (Å²) in [5, 5.41) is 2.89. The van der Waals surface area contributed by atoms with Crippen molar-refractivity contribution in [3.05, 3.63) is 89.0 Å². The summed E-state index contributed by atoms with van der Waals surface area (Å²) >= 11 is 0. The highest BCUT2D eigenvalue weighted by Crippen LogP contribution is 2.37. The van der Waals surface area contributed by atoms with Crippen molar-refractivity contribution in [2.75, 3.05) is 10.8 Å². The zero-order chi connectivity index (χ0) is 22.9. The summed E-state index contributed by atoms with van der Waals surface area (Å²) in [6, 6.07) is 19.8. The second-order valence-corrected chi connectivity index (χ2v) is 9.93. The maximum atomic E-state index is 13.5. The molecule has 1 aliphatic rings. The standard InChI is InChI=1S/C25H26N2O4S/c1-17-8-11-21(12-9-17)32(29,30)27-16-24(31-23-13-10-18(2)14-22(23)27)25(28)26-15-20-7-5-4-6-19(20)3/h4-14,24H,15-16H2,1-3H3,(H,26,28)/t24-/m0/s1. The van der Waals surface area contributed by atoms with Gasteiger partial charge in [0.2, 0.25) is 0 Å². The molecule has 1 N–H and O–H groups in total. The molecule has 3 aromatic carbocycles. The molecule has 166 valence electrons. The van der Waals surface area contributed by atoms with Crippen LogP contribution in [0, 0.1) is 20.8 Å². The number of nitrogens with zero attached hydrogens (tertiary/aromatic N) is 1. The van der Waals surface area contributed by atoms with Gasteiger partial charge in [0.05, 0.1) is 17.1 Å². The third kappa shape index (κ3) is 4.34. The van der Waals surface area contributed by atoms with Crippen molar-refractivity contribution in [1.82, 2.24) is 5.32 Å². The Morgan fingerprint density at radius 1 is 1.00 bits per heavy atom. The minimum absolute atomic E-state index is 0.105. The summed E-state index contributed by atoms with van der Waals surface area (Å²) in [6.45, 7) is 6.01. The number of fused-ring (bicyclic) bond motifs is 1. The van der Waals surface area contributed by atoms with Gasteiger partial charge < -0.3 is 10.1 Å². The van der Waals surface area contributed by atoms with Crippen molar-refractivity contribution in [2.45, 2.75) is 38.3 Å². The molecule has 1 atom stereocenters. The van der Waals surface area contributed by atoms with Crippen LogP contribution >= 0.6 is 0 Å². The molecule has 6 nitrogen and oxygen atoms in total. The molecular formula is C25H26N2O4S. The Balaban J connectivity index is 1.63. The lowest BCUT2D eigenvalue weighted by molar-refractivity contribution is -0.127. The first kappa shape index (κ1) is 21.9. The number of carbonyl (C=O) groups excluding carboxylic acids is 1. The monoisotopic (exact) mass is 450 g/mol. The Bertz CT molecular complexity index is 1250. The van der Waals surface area contributed by atoms with Crippen molar-refractivity contribution in [3.8, 4) is 5.75 Å². The van der Waals surface area contributed by atoms with E-state index in [2.05, 4.69) is 5.32 Å². The van der Waals surface area contributed by atoms with Gasteiger partial charge in [0, 0.05) is 6.54 Å². The van der Waals surface area contributed by atoms with E-state index < -0.39 is 16.1 Å². The molecule has 0 fully saturated rings. The van der Waals surface area contributed by atoms with Gasteiger partial charge in [0.15, 0.2) is 6.10 Å². The number of anilines is 1. The smallest absolute Gasteiger partial charge is 0.264 e. The van der Waals surface area contributed by atoms with E-state index in [-0.39, 0.29) is 17.3 Å². The van der Waals surface area contributed by atoms with E-state index in [0.717, 1.165) is 22.3 Å². The SMILES string of the molecule is Cc1ccc(S(=O)(=O)N2C[C@@H](C(=O)NCc3ccccc3C)Oc3ccc(C)cc32)cc1. The average molecular weight is 451 g/mol. The molecule has 0 bridgehead atoms. The van der Waals surface area contributed by atoms with Gasteiger partial charge in [-0.2, -0.15) is 0 Å². The van der Waals surface area contributed by atoms with Crippen LogP contribution in [0.1, 0.15) is 22.3 Å². The number of sulfonamides is 1. The summed E-state index contributed by atoms with van der Waals surface area (Å²) in [5.74, 6) is 0.0113. The maximum Gasteiger partial charge on any atom is 0.264 e. The van der Waals surface area contributed by atoms with Crippen LogP contribution in [-0.2, 0) is 21.4 Å². The van der Waals surface area contributed by atoms with Crippen molar-refractivity contribution in [2.24, 2.45) is 0 Å². The third-order valence-corrected chi connectivity index (χ3v) is 7.39. The number of carbonyl (C=O) groups is 1. The number of nitrogens with one attached hydrogen (secondary N) is 1. The van der Waals surface area contributed by atoms with Gasteiger partial charge in [-0.1, -0.05) is 48.0 Å². The number of amides is 1. The summed E-state index contributed by atoms with van der Waals surface area (Å²) in [6.07, 6.45) is -0.963. The van der Waals surface area contributed by atoms with Crippen LogP contribution in [0.5, 0.6) is 5.75 Å². The molecule has 0 unspecified atom stereocenters. The van der Waals surface area contributed by atoms with E-state index in [4.69, 9.17) is 4.74 Å². The van der Waals surface area contributed by atoms with E-state index in [0.29, 0.717) is 18.0 Å².